The summed E-state index contributed by atoms with van der Waals surface area (Å²) in [6.45, 7) is 5.74. The summed E-state index contributed by atoms with van der Waals surface area (Å²) in [4.78, 5) is 22.5. The quantitative estimate of drug-likeness (QED) is 0.227. The summed E-state index contributed by atoms with van der Waals surface area (Å²) in [6, 6.07) is 13.5. The summed E-state index contributed by atoms with van der Waals surface area (Å²) < 4.78 is 33.8. The molecule has 1 aliphatic rings. The third-order valence-corrected chi connectivity index (χ3v) is 9.43. The molecule has 2 N–H and O–H groups in total. The highest BCUT2D eigenvalue weighted by molar-refractivity contribution is 7.90. The summed E-state index contributed by atoms with van der Waals surface area (Å²) in [5.41, 5.74) is 1.05. The van der Waals surface area contributed by atoms with E-state index in [-0.39, 0.29) is 27.8 Å². The van der Waals surface area contributed by atoms with E-state index in [2.05, 4.69) is 15.3 Å². The number of amides is 1. The van der Waals surface area contributed by atoms with E-state index in [0.29, 0.717) is 28.1 Å². The van der Waals surface area contributed by atoms with Crippen LogP contribution in [0, 0.1) is 0 Å². The highest BCUT2D eigenvalue weighted by atomic mass is 35.5. The fourth-order valence-corrected chi connectivity index (χ4v) is 7.25. The third-order valence-electron chi connectivity index (χ3n) is 7.57. The molecule has 0 bridgehead atoms. The molecule has 0 spiro atoms. The van der Waals surface area contributed by atoms with Crippen molar-refractivity contribution in [1.82, 2.24) is 18.8 Å². The van der Waals surface area contributed by atoms with E-state index >= 15 is 0 Å². The van der Waals surface area contributed by atoms with Gasteiger partial charge in [0.15, 0.2) is 5.65 Å². The van der Waals surface area contributed by atoms with Gasteiger partial charge in [0, 0.05) is 34.8 Å². The van der Waals surface area contributed by atoms with Gasteiger partial charge in [-0.25, -0.2) is 27.2 Å². The summed E-state index contributed by atoms with van der Waals surface area (Å²) >= 11 is 6.48. The number of halogens is 1. The SMILES string of the molecule is COc1cnc2c(c1)c(-c1cc(Cl)nc(NC3CCC(N(C(=O)O)C(C)(C)C)CC3)c1)cn2S(=O)(=O)c1ccccc1. The lowest BCUT2D eigenvalue weighted by molar-refractivity contribution is 0.0556. The Balaban J connectivity index is 1.47. The summed E-state index contributed by atoms with van der Waals surface area (Å²) in [7, 11) is -2.42. The molecule has 1 saturated carbocycles. The van der Waals surface area contributed by atoms with E-state index in [9.17, 15) is 18.3 Å². The van der Waals surface area contributed by atoms with Crippen LogP contribution in [0.4, 0.5) is 10.6 Å². The van der Waals surface area contributed by atoms with Crippen LogP contribution in [-0.4, -0.2) is 63.2 Å². The zero-order valence-corrected chi connectivity index (χ0v) is 25.5. The minimum Gasteiger partial charge on any atom is -0.495 e. The molecule has 3 aromatic heterocycles. The molecule has 0 atom stereocenters. The van der Waals surface area contributed by atoms with E-state index in [4.69, 9.17) is 16.3 Å². The molecule has 1 aliphatic carbocycles. The maximum atomic E-state index is 13.6. The van der Waals surface area contributed by atoms with Gasteiger partial charge in [0.1, 0.15) is 16.7 Å². The number of nitrogens with zero attached hydrogens (tertiary/aromatic N) is 4. The largest absolute Gasteiger partial charge is 0.495 e. The standard InChI is InChI=1S/C30H34ClN5O5S/c1-30(2,3)36(29(37)38)21-12-10-20(11-13-21)33-27-15-19(14-26(31)34-27)25-18-35(28-24(25)16-22(41-4)17-32-28)42(39,40)23-8-6-5-7-9-23/h5-9,14-18,20-21H,10-13H2,1-4H3,(H,33,34)(H,37,38). The average molecular weight is 612 g/mol. The van der Waals surface area contributed by atoms with Crippen molar-refractivity contribution in [2.75, 3.05) is 12.4 Å². The number of methoxy groups -OCH3 is 1. The van der Waals surface area contributed by atoms with Crippen molar-refractivity contribution < 1.29 is 23.1 Å². The van der Waals surface area contributed by atoms with Crippen LogP contribution in [0.3, 0.4) is 0 Å². The molecule has 4 aromatic rings. The van der Waals surface area contributed by atoms with Crippen molar-refractivity contribution in [2.24, 2.45) is 0 Å². The number of ether oxygens (including phenoxy) is 1. The topological polar surface area (TPSA) is 127 Å². The van der Waals surface area contributed by atoms with Gasteiger partial charge in [-0.15, -0.1) is 0 Å². The van der Waals surface area contributed by atoms with Crippen LogP contribution in [0.1, 0.15) is 46.5 Å². The van der Waals surface area contributed by atoms with E-state index in [0.717, 1.165) is 25.7 Å². The summed E-state index contributed by atoms with van der Waals surface area (Å²) in [5, 5.41) is 14.1. The maximum absolute atomic E-state index is 13.6. The zero-order chi connectivity index (χ0) is 30.2. The molecule has 0 unspecified atom stereocenters. The first-order valence-corrected chi connectivity index (χ1v) is 15.5. The third kappa shape index (κ3) is 5.89. The number of carboxylic acid groups (broad SMARTS) is 1. The summed E-state index contributed by atoms with van der Waals surface area (Å²) in [5.74, 6) is 1.04. The van der Waals surface area contributed by atoms with Gasteiger partial charge in [0.05, 0.1) is 18.2 Å². The molecule has 222 valence electrons. The van der Waals surface area contributed by atoms with Crippen molar-refractivity contribution in [1.29, 1.82) is 0 Å². The zero-order valence-electron chi connectivity index (χ0n) is 23.9. The molecule has 1 fully saturated rings. The molecular weight excluding hydrogens is 578 g/mol. The van der Waals surface area contributed by atoms with Crippen LogP contribution in [-0.2, 0) is 10.0 Å². The molecule has 1 aromatic carbocycles. The fraction of sp³-hybridized carbons (Fsp3) is 0.367. The molecule has 10 nitrogen and oxygen atoms in total. The summed E-state index contributed by atoms with van der Waals surface area (Å²) in [6.07, 6.45) is 5.12. The Morgan fingerprint density at radius 1 is 1.12 bits per heavy atom. The number of aromatic nitrogens is 3. The Morgan fingerprint density at radius 3 is 2.43 bits per heavy atom. The van der Waals surface area contributed by atoms with Crippen molar-refractivity contribution >= 4 is 44.6 Å². The van der Waals surface area contributed by atoms with E-state index in [1.54, 1.807) is 53.6 Å². The van der Waals surface area contributed by atoms with Crippen LogP contribution >= 0.6 is 11.6 Å². The second kappa shape index (κ2) is 11.4. The maximum Gasteiger partial charge on any atom is 0.407 e. The molecule has 42 heavy (non-hydrogen) atoms. The number of hydrogen-bond acceptors (Lipinski definition) is 7. The lowest BCUT2D eigenvalue weighted by atomic mass is 9.88. The van der Waals surface area contributed by atoms with Crippen LogP contribution < -0.4 is 10.1 Å². The van der Waals surface area contributed by atoms with Gasteiger partial charge in [-0.1, -0.05) is 29.8 Å². The molecule has 12 heteroatoms. The molecular formula is C30H34ClN5O5S. The number of hydrogen-bond donors (Lipinski definition) is 2. The van der Waals surface area contributed by atoms with Gasteiger partial charge < -0.3 is 20.1 Å². The minimum absolute atomic E-state index is 0.0522. The lowest BCUT2D eigenvalue weighted by Crippen LogP contribution is -2.52. The molecule has 0 saturated heterocycles. The van der Waals surface area contributed by atoms with Gasteiger partial charge in [-0.05, 0) is 82.3 Å². The number of anilines is 1. The van der Waals surface area contributed by atoms with Gasteiger partial charge in [-0.2, -0.15) is 0 Å². The first-order chi connectivity index (χ1) is 19.9. The Bertz CT molecular complexity index is 1710. The fourth-order valence-electron chi connectivity index (χ4n) is 5.70. The number of nitrogens with one attached hydrogen (secondary N) is 1. The number of rotatable bonds is 7. The number of benzene rings is 1. The Morgan fingerprint density at radius 2 is 1.81 bits per heavy atom. The number of pyridine rings is 2. The Labute approximate surface area is 250 Å². The predicted molar refractivity (Wildman–Crippen MR) is 163 cm³/mol. The van der Waals surface area contributed by atoms with Crippen molar-refractivity contribution in [3.8, 4) is 16.9 Å². The Hall–Kier alpha value is -3.83. The second-order valence-corrected chi connectivity index (χ2v) is 13.6. The van der Waals surface area contributed by atoms with Gasteiger partial charge in [0.2, 0.25) is 0 Å². The smallest absolute Gasteiger partial charge is 0.407 e. The van der Waals surface area contributed by atoms with E-state index < -0.39 is 21.7 Å². The minimum atomic E-state index is -3.94. The molecule has 0 radical (unpaired) electrons. The van der Waals surface area contributed by atoms with Crippen LogP contribution in [0.5, 0.6) is 5.75 Å². The highest BCUT2D eigenvalue weighted by Gasteiger charge is 2.35. The van der Waals surface area contributed by atoms with Crippen LogP contribution in [0.25, 0.3) is 22.2 Å². The van der Waals surface area contributed by atoms with Gasteiger partial charge >= 0.3 is 6.09 Å². The van der Waals surface area contributed by atoms with Crippen molar-refractivity contribution in [3.63, 3.8) is 0 Å². The first kappa shape index (κ1) is 29.7. The predicted octanol–water partition coefficient (Wildman–Crippen LogP) is 6.50. The van der Waals surface area contributed by atoms with Gasteiger partial charge in [0.25, 0.3) is 10.0 Å². The van der Waals surface area contributed by atoms with Crippen LogP contribution in [0.15, 0.2) is 65.8 Å². The monoisotopic (exact) mass is 611 g/mol. The van der Waals surface area contributed by atoms with Crippen molar-refractivity contribution in [3.05, 3.63) is 66.1 Å². The second-order valence-electron chi connectivity index (χ2n) is 11.4. The van der Waals surface area contributed by atoms with Crippen molar-refractivity contribution in [2.45, 2.75) is 69.0 Å². The highest BCUT2D eigenvalue weighted by Crippen LogP contribution is 2.36. The van der Waals surface area contributed by atoms with Gasteiger partial charge in [-0.3, -0.25) is 0 Å². The number of fused-ring (bicyclic) bond motifs is 1. The normalized spacial score (nSPS) is 17.6. The Kier molecular flexibility index (Phi) is 8.08. The van der Waals surface area contributed by atoms with E-state index in [1.165, 1.54) is 17.3 Å². The molecule has 0 aliphatic heterocycles. The number of carbonyl (C=O) groups is 1. The molecule has 5 rings (SSSR count). The average Bonchev–Trinajstić information content (AvgIpc) is 3.33. The van der Waals surface area contributed by atoms with Crippen LogP contribution in [0.2, 0.25) is 5.15 Å². The first-order valence-electron chi connectivity index (χ1n) is 13.7. The lowest BCUT2D eigenvalue weighted by Gasteiger charge is -2.42. The van der Waals surface area contributed by atoms with E-state index in [1.807, 2.05) is 26.8 Å². The molecule has 3 heterocycles. The molecule has 1 amide bonds.